The maximum absolute atomic E-state index is 10.3. The van der Waals surface area contributed by atoms with Crippen LogP contribution < -0.4 is 4.74 Å². The summed E-state index contributed by atoms with van der Waals surface area (Å²) in [5.41, 5.74) is 1.13. The molecule has 0 saturated carbocycles. The number of likely N-dealkylation sites (N-methyl/N-ethyl adjacent to an activating group) is 2. The van der Waals surface area contributed by atoms with Crippen molar-refractivity contribution in [1.29, 1.82) is 0 Å². The van der Waals surface area contributed by atoms with Crippen LogP contribution in [0.3, 0.4) is 0 Å². The van der Waals surface area contributed by atoms with Crippen LogP contribution in [0, 0.1) is 0 Å². The average molecular weight is 278 g/mol. The zero-order valence-electron chi connectivity index (χ0n) is 12.7. The summed E-state index contributed by atoms with van der Waals surface area (Å²) in [6.07, 6.45) is 1.20. The molecule has 20 heavy (non-hydrogen) atoms. The first kappa shape index (κ1) is 15.3. The highest BCUT2D eigenvalue weighted by Crippen LogP contribution is 2.17. The van der Waals surface area contributed by atoms with E-state index in [2.05, 4.69) is 23.9 Å². The summed E-state index contributed by atoms with van der Waals surface area (Å²) in [5, 5.41) is 10.3. The first-order valence-corrected chi connectivity index (χ1v) is 7.28. The third-order valence-corrected chi connectivity index (χ3v) is 4.13. The molecule has 2 unspecified atom stereocenters. The predicted octanol–water partition coefficient (Wildman–Crippen LogP) is 1.23. The van der Waals surface area contributed by atoms with Crippen LogP contribution >= 0.6 is 0 Å². The van der Waals surface area contributed by atoms with Crippen LogP contribution in [-0.2, 0) is 6.42 Å². The van der Waals surface area contributed by atoms with Crippen molar-refractivity contribution in [2.75, 3.05) is 40.8 Å². The highest BCUT2D eigenvalue weighted by Gasteiger charge is 2.24. The monoisotopic (exact) mass is 278 g/mol. The van der Waals surface area contributed by atoms with Crippen LogP contribution in [0.4, 0.5) is 0 Å². The van der Waals surface area contributed by atoms with Gasteiger partial charge in [-0.25, -0.2) is 0 Å². The maximum atomic E-state index is 10.3. The molecule has 4 nitrogen and oxygen atoms in total. The largest absolute Gasteiger partial charge is 0.497 e. The van der Waals surface area contributed by atoms with E-state index in [1.807, 2.05) is 24.3 Å². The van der Waals surface area contributed by atoms with E-state index in [1.54, 1.807) is 7.11 Å². The van der Waals surface area contributed by atoms with Crippen molar-refractivity contribution in [2.45, 2.75) is 25.0 Å². The minimum Gasteiger partial charge on any atom is -0.497 e. The fourth-order valence-electron chi connectivity index (χ4n) is 2.82. The smallest absolute Gasteiger partial charge is 0.119 e. The summed E-state index contributed by atoms with van der Waals surface area (Å²) in [6, 6.07) is 8.39. The molecule has 1 aromatic carbocycles. The number of hydrogen-bond acceptors (Lipinski definition) is 4. The lowest BCUT2D eigenvalue weighted by Crippen LogP contribution is -2.51. The Balaban J connectivity index is 1.89. The summed E-state index contributed by atoms with van der Waals surface area (Å²) in [7, 11) is 5.97. The zero-order valence-corrected chi connectivity index (χ0v) is 12.7. The van der Waals surface area contributed by atoms with Crippen molar-refractivity contribution in [3.05, 3.63) is 29.8 Å². The zero-order chi connectivity index (χ0) is 14.5. The maximum Gasteiger partial charge on any atom is 0.119 e. The third-order valence-electron chi connectivity index (χ3n) is 4.13. The van der Waals surface area contributed by atoms with Crippen molar-refractivity contribution < 1.29 is 9.84 Å². The molecule has 4 heteroatoms. The third kappa shape index (κ3) is 4.20. The molecule has 1 aromatic rings. The van der Waals surface area contributed by atoms with Gasteiger partial charge in [0.05, 0.1) is 13.2 Å². The molecule has 1 fully saturated rings. The number of ether oxygens (including phenoxy) is 1. The molecule has 0 bridgehead atoms. The van der Waals surface area contributed by atoms with Crippen molar-refractivity contribution in [3.63, 3.8) is 0 Å². The molecule has 1 aliphatic rings. The number of rotatable bonds is 5. The van der Waals surface area contributed by atoms with E-state index in [9.17, 15) is 5.11 Å². The highest BCUT2D eigenvalue weighted by atomic mass is 16.5. The molecule has 0 amide bonds. The Hall–Kier alpha value is -1.10. The quantitative estimate of drug-likeness (QED) is 0.879. The van der Waals surface area contributed by atoms with Crippen molar-refractivity contribution >= 4 is 0 Å². The predicted molar refractivity (Wildman–Crippen MR) is 81.2 cm³/mol. The van der Waals surface area contributed by atoms with Gasteiger partial charge in [0.15, 0.2) is 0 Å². The lowest BCUT2D eigenvalue weighted by Gasteiger charge is -2.38. The van der Waals surface area contributed by atoms with E-state index in [-0.39, 0.29) is 6.10 Å². The molecule has 1 saturated heterocycles. The van der Waals surface area contributed by atoms with Gasteiger partial charge in [-0.05, 0) is 44.6 Å². The summed E-state index contributed by atoms with van der Waals surface area (Å²) in [5.74, 6) is 0.851. The van der Waals surface area contributed by atoms with E-state index in [4.69, 9.17) is 4.74 Å². The number of aliphatic hydroxyl groups excluding tert-OH is 1. The van der Waals surface area contributed by atoms with Gasteiger partial charge >= 0.3 is 0 Å². The molecular formula is C16H26N2O2. The second-order valence-electron chi connectivity index (χ2n) is 5.84. The van der Waals surface area contributed by atoms with Gasteiger partial charge < -0.3 is 19.6 Å². The van der Waals surface area contributed by atoms with Gasteiger partial charge in [0, 0.05) is 25.7 Å². The lowest BCUT2D eigenvalue weighted by atomic mass is 9.99. The fraction of sp³-hybridized carbons (Fsp3) is 0.625. The Labute approximate surface area is 122 Å². The molecule has 0 spiro atoms. The topological polar surface area (TPSA) is 35.9 Å². The SMILES string of the molecule is COc1cccc(CC(O)CC2CN(C)CCN2C)c1. The van der Waals surface area contributed by atoms with Crippen molar-refractivity contribution in [1.82, 2.24) is 9.80 Å². The first-order chi connectivity index (χ1) is 9.58. The molecular weight excluding hydrogens is 252 g/mol. The number of nitrogens with zero attached hydrogens (tertiary/aromatic N) is 2. The first-order valence-electron chi connectivity index (χ1n) is 7.28. The standard InChI is InChI=1S/C16H26N2O2/c1-17-7-8-18(2)14(12-17)11-15(19)9-13-5-4-6-16(10-13)20-3/h4-6,10,14-15,19H,7-9,11-12H2,1-3H3. The molecule has 2 rings (SSSR count). The summed E-state index contributed by atoms with van der Waals surface area (Å²) in [6.45, 7) is 3.22. The second-order valence-corrected chi connectivity index (χ2v) is 5.84. The van der Waals surface area contributed by atoms with Gasteiger partial charge in [-0.1, -0.05) is 12.1 Å². The lowest BCUT2D eigenvalue weighted by molar-refractivity contribution is 0.0639. The highest BCUT2D eigenvalue weighted by molar-refractivity contribution is 5.28. The molecule has 0 aromatic heterocycles. The van der Waals surface area contributed by atoms with Crippen LogP contribution in [0.1, 0.15) is 12.0 Å². The number of benzene rings is 1. The Kier molecular flexibility index (Phi) is 5.40. The van der Waals surface area contributed by atoms with Gasteiger partial charge in [0.2, 0.25) is 0 Å². The van der Waals surface area contributed by atoms with Gasteiger partial charge in [-0.2, -0.15) is 0 Å². The van der Waals surface area contributed by atoms with Crippen LogP contribution in [0.5, 0.6) is 5.75 Å². The van der Waals surface area contributed by atoms with Crippen LogP contribution in [-0.4, -0.2) is 67.9 Å². The van der Waals surface area contributed by atoms with Crippen LogP contribution in [0.15, 0.2) is 24.3 Å². The summed E-state index contributed by atoms with van der Waals surface area (Å²) in [4.78, 5) is 4.69. The minimum atomic E-state index is -0.305. The number of aliphatic hydroxyl groups is 1. The molecule has 112 valence electrons. The number of piperazine rings is 1. The molecule has 1 aliphatic heterocycles. The van der Waals surface area contributed by atoms with E-state index in [0.29, 0.717) is 12.5 Å². The summed E-state index contributed by atoms with van der Waals surface area (Å²) < 4.78 is 5.22. The van der Waals surface area contributed by atoms with E-state index >= 15 is 0 Å². The van der Waals surface area contributed by atoms with Crippen LogP contribution in [0.2, 0.25) is 0 Å². The number of hydrogen-bond donors (Lipinski definition) is 1. The average Bonchev–Trinajstić information content (AvgIpc) is 2.43. The molecule has 1 heterocycles. The minimum absolute atomic E-state index is 0.305. The molecule has 0 radical (unpaired) electrons. The van der Waals surface area contributed by atoms with Crippen LogP contribution in [0.25, 0.3) is 0 Å². The molecule has 1 N–H and O–H groups in total. The fourth-order valence-corrected chi connectivity index (χ4v) is 2.82. The van der Waals surface area contributed by atoms with E-state index < -0.39 is 0 Å². The van der Waals surface area contributed by atoms with Gasteiger partial charge in [0.1, 0.15) is 5.75 Å². The second kappa shape index (κ2) is 7.07. The normalized spacial score (nSPS) is 22.7. The van der Waals surface area contributed by atoms with Gasteiger partial charge in [0.25, 0.3) is 0 Å². The summed E-state index contributed by atoms with van der Waals surface area (Å²) >= 11 is 0. The molecule has 2 atom stereocenters. The number of methoxy groups -OCH3 is 1. The van der Waals surface area contributed by atoms with Crippen molar-refractivity contribution in [3.8, 4) is 5.75 Å². The van der Waals surface area contributed by atoms with E-state index in [0.717, 1.165) is 37.4 Å². The Morgan fingerprint density at radius 1 is 1.35 bits per heavy atom. The Morgan fingerprint density at radius 2 is 2.15 bits per heavy atom. The Bertz CT molecular complexity index is 425. The Morgan fingerprint density at radius 3 is 2.90 bits per heavy atom. The van der Waals surface area contributed by atoms with Gasteiger partial charge in [-0.3, -0.25) is 0 Å². The van der Waals surface area contributed by atoms with Gasteiger partial charge in [-0.15, -0.1) is 0 Å². The van der Waals surface area contributed by atoms with E-state index in [1.165, 1.54) is 0 Å². The molecule has 0 aliphatic carbocycles. The van der Waals surface area contributed by atoms with Crippen molar-refractivity contribution in [2.24, 2.45) is 0 Å².